The van der Waals surface area contributed by atoms with Crippen molar-refractivity contribution in [3.05, 3.63) is 32.7 Å². The smallest absolute Gasteiger partial charge is 0.328 e. The van der Waals surface area contributed by atoms with Crippen LogP contribution in [0.4, 0.5) is 0 Å². The van der Waals surface area contributed by atoms with Crippen molar-refractivity contribution >= 4 is 27.0 Å². The van der Waals surface area contributed by atoms with Gasteiger partial charge < -0.3 is 5.11 Å². The first kappa shape index (κ1) is 12.9. The van der Waals surface area contributed by atoms with E-state index in [4.69, 9.17) is 0 Å². The molecule has 1 unspecified atom stereocenters. The molecule has 1 fully saturated rings. The minimum Gasteiger partial charge on any atom is -0.388 e. The van der Waals surface area contributed by atoms with Crippen LogP contribution < -0.4 is 5.69 Å². The molecular formula is C14H17BrN2O2. The number of aryl methyl sites for hydroxylation is 2. The van der Waals surface area contributed by atoms with Crippen molar-refractivity contribution in [3.63, 3.8) is 0 Å². The highest BCUT2D eigenvalue weighted by Gasteiger charge is 2.28. The Balaban J connectivity index is 2.18. The fourth-order valence-corrected chi connectivity index (χ4v) is 3.34. The monoisotopic (exact) mass is 324 g/mol. The number of halogens is 1. The van der Waals surface area contributed by atoms with Gasteiger partial charge in [-0.1, -0.05) is 22.4 Å². The van der Waals surface area contributed by atoms with Gasteiger partial charge in [0.1, 0.15) is 0 Å². The summed E-state index contributed by atoms with van der Waals surface area (Å²) in [5.74, 6) is 0.356. The first-order valence-corrected chi connectivity index (χ1v) is 7.33. The number of hydrogen-bond acceptors (Lipinski definition) is 2. The third-order valence-electron chi connectivity index (χ3n) is 4.31. The van der Waals surface area contributed by atoms with Gasteiger partial charge in [0, 0.05) is 18.6 Å². The summed E-state index contributed by atoms with van der Waals surface area (Å²) < 4.78 is 4.12. The van der Waals surface area contributed by atoms with Gasteiger partial charge in [-0.3, -0.25) is 9.13 Å². The Morgan fingerprint density at radius 2 is 1.84 bits per heavy atom. The second-order valence-electron chi connectivity index (χ2n) is 5.40. The number of fused-ring (bicyclic) bond motifs is 1. The number of aromatic nitrogens is 2. The Labute approximate surface area is 119 Å². The lowest BCUT2D eigenvalue weighted by atomic mass is 9.79. The molecule has 0 spiro atoms. The Morgan fingerprint density at radius 1 is 1.26 bits per heavy atom. The van der Waals surface area contributed by atoms with Gasteiger partial charge in [0.2, 0.25) is 0 Å². The van der Waals surface area contributed by atoms with Crippen LogP contribution in [0.25, 0.3) is 11.0 Å². The maximum Gasteiger partial charge on any atom is 0.328 e. The number of benzene rings is 1. The maximum atomic E-state index is 11.9. The summed E-state index contributed by atoms with van der Waals surface area (Å²) in [7, 11) is 3.53. The molecule has 1 aromatic carbocycles. The molecule has 102 valence electrons. The second kappa shape index (κ2) is 4.49. The molecule has 1 N–H and O–H groups in total. The number of rotatable bonds is 2. The zero-order chi connectivity index (χ0) is 13.7. The lowest BCUT2D eigenvalue weighted by Gasteiger charge is -2.31. The minimum atomic E-state index is -0.442. The van der Waals surface area contributed by atoms with Crippen LogP contribution in [0.2, 0.25) is 0 Å². The zero-order valence-electron chi connectivity index (χ0n) is 11.1. The van der Waals surface area contributed by atoms with Gasteiger partial charge in [-0.15, -0.1) is 0 Å². The van der Waals surface area contributed by atoms with E-state index in [-0.39, 0.29) is 5.69 Å². The molecule has 2 aromatic rings. The highest BCUT2D eigenvalue weighted by Crippen LogP contribution is 2.40. The molecule has 1 atom stereocenters. The van der Waals surface area contributed by atoms with Gasteiger partial charge in [0.05, 0.1) is 17.1 Å². The molecule has 19 heavy (non-hydrogen) atoms. The van der Waals surface area contributed by atoms with Crippen LogP contribution in [0.3, 0.4) is 0 Å². The van der Waals surface area contributed by atoms with Crippen molar-refractivity contribution in [3.8, 4) is 0 Å². The minimum absolute atomic E-state index is 0.0443. The molecule has 0 radical (unpaired) electrons. The van der Waals surface area contributed by atoms with Crippen LogP contribution >= 0.6 is 15.9 Å². The van der Waals surface area contributed by atoms with Gasteiger partial charge in [-0.2, -0.15) is 0 Å². The van der Waals surface area contributed by atoms with E-state index in [2.05, 4.69) is 15.9 Å². The summed E-state index contributed by atoms with van der Waals surface area (Å²) in [6.45, 7) is 0. The SMILES string of the molecule is Cn1c(=O)n(C)c2cc(C(O)C3CCC3)c(Br)cc21. The fourth-order valence-electron chi connectivity index (χ4n) is 2.77. The molecule has 1 aliphatic carbocycles. The van der Waals surface area contributed by atoms with E-state index in [1.165, 1.54) is 6.42 Å². The van der Waals surface area contributed by atoms with Crippen molar-refractivity contribution in [2.75, 3.05) is 0 Å². The Hall–Kier alpha value is -1.07. The number of imidazole rings is 1. The van der Waals surface area contributed by atoms with E-state index in [0.717, 1.165) is 33.9 Å². The zero-order valence-corrected chi connectivity index (χ0v) is 12.6. The van der Waals surface area contributed by atoms with Gasteiger partial charge in [0.15, 0.2) is 0 Å². The summed E-state index contributed by atoms with van der Waals surface area (Å²) in [5.41, 5.74) is 2.59. The summed E-state index contributed by atoms with van der Waals surface area (Å²) in [4.78, 5) is 11.9. The average Bonchev–Trinajstić information content (AvgIpc) is 2.51. The highest BCUT2D eigenvalue weighted by molar-refractivity contribution is 9.10. The van der Waals surface area contributed by atoms with E-state index in [0.29, 0.717) is 5.92 Å². The van der Waals surface area contributed by atoms with E-state index >= 15 is 0 Å². The third kappa shape index (κ3) is 1.87. The van der Waals surface area contributed by atoms with Crippen LogP contribution in [0.1, 0.15) is 30.9 Å². The molecule has 1 saturated carbocycles. The standard InChI is InChI=1S/C14H17BrN2O2/c1-16-11-6-9(13(18)8-4-3-5-8)10(15)7-12(11)17(2)14(16)19/h6-8,13,18H,3-5H2,1-2H3. The topological polar surface area (TPSA) is 47.2 Å². The van der Waals surface area contributed by atoms with Crippen LogP contribution in [0.15, 0.2) is 21.4 Å². The van der Waals surface area contributed by atoms with Crippen molar-refractivity contribution in [2.45, 2.75) is 25.4 Å². The van der Waals surface area contributed by atoms with Gasteiger partial charge in [-0.05, 0) is 36.5 Å². The molecule has 3 rings (SSSR count). The molecule has 0 amide bonds. The first-order chi connectivity index (χ1) is 9.00. The molecule has 5 heteroatoms. The number of nitrogens with zero attached hydrogens (tertiary/aromatic N) is 2. The summed E-state index contributed by atoms with van der Waals surface area (Å²) in [5, 5.41) is 10.4. The molecule has 1 heterocycles. The Bertz CT molecular complexity index is 698. The predicted octanol–water partition coefficient (Wildman–Crippen LogP) is 2.47. The highest BCUT2D eigenvalue weighted by atomic mass is 79.9. The maximum absolute atomic E-state index is 11.9. The van der Waals surface area contributed by atoms with Crippen LogP contribution in [-0.2, 0) is 14.1 Å². The lowest BCUT2D eigenvalue weighted by molar-refractivity contribution is 0.0616. The van der Waals surface area contributed by atoms with Crippen molar-refractivity contribution in [2.24, 2.45) is 20.0 Å². The molecule has 1 aliphatic rings. The molecule has 0 bridgehead atoms. The van der Waals surface area contributed by atoms with Crippen LogP contribution in [0.5, 0.6) is 0 Å². The Kier molecular flexibility index (Phi) is 3.06. The van der Waals surface area contributed by atoms with E-state index in [9.17, 15) is 9.90 Å². The van der Waals surface area contributed by atoms with Gasteiger partial charge in [-0.25, -0.2) is 4.79 Å². The molecule has 4 nitrogen and oxygen atoms in total. The largest absolute Gasteiger partial charge is 0.388 e. The average molecular weight is 325 g/mol. The number of aliphatic hydroxyl groups excluding tert-OH is 1. The van der Waals surface area contributed by atoms with E-state index in [1.807, 2.05) is 12.1 Å². The fraction of sp³-hybridized carbons (Fsp3) is 0.500. The van der Waals surface area contributed by atoms with Crippen molar-refractivity contribution < 1.29 is 5.11 Å². The van der Waals surface area contributed by atoms with Crippen molar-refractivity contribution in [1.29, 1.82) is 0 Å². The normalized spacial score (nSPS) is 17.7. The predicted molar refractivity (Wildman–Crippen MR) is 78.2 cm³/mol. The molecule has 0 saturated heterocycles. The lowest BCUT2D eigenvalue weighted by Crippen LogP contribution is -2.20. The Morgan fingerprint density at radius 3 is 2.37 bits per heavy atom. The van der Waals surface area contributed by atoms with Gasteiger partial charge in [0.25, 0.3) is 0 Å². The number of aliphatic hydroxyl groups is 1. The van der Waals surface area contributed by atoms with Gasteiger partial charge >= 0.3 is 5.69 Å². The van der Waals surface area contributed by atoms with E-state index < -0.39 is 6.10 Å². The summed E-state index contributed by atoms with van der Waals surface area (Å²) in [6, 6.07) is 3.86. The first-order valence-electron chi connectivity index (χ1n) is 6.53. The van der Waals surface area contributed by atoms with E-state index in [1.54, 1.807) is 23.2 Å². The summed E-state index contributed by atoms with van der Waals surface area (Å²) in [6.07, 6.45) is 2.92. The number of hydrogen-bond donors (Lipinski definition) is 1. The molecule has 0 aliphatic heterocycles. The quantitative estimate of drug-likeness (QED) is 0.922. The molecular weight excluding hydrogens is 308 g/mol. The van der Waals surface area contributed by atoms with Crippen LogP contribution in [-0.4, -0.2) is 14.2 Å². The van der Waals surface area contributed by atoms with Crippen LogP contribution in [0, 0.1) is 5.92 Å². The molecule has 1 aromatic heterocycles. The second-order valence-corrected chi connectivity index (χ2v) is 6.25. The van der Waals surface area contributed by atoms with Crippen molar-refractivity contribution in [1.82, 2.24) is 9.13 Å². The summed E-state index contributed by atoms with van der Waals surface area (Å²) >= 11 is 3.52. The third-order valence-corrected chi connectivity index (χ3v) is 4.99.